The average molecular weight is 205 g/mol. The molecule has 1 unspecified atom stereocenters. The number of aliphatic carboxylic acids is 1. The van der Waals surface area contributed by atoms with Crippen molar-refractivity contribution in [1.82, 2.24) is 5.32 Å². The highest BCUT2D eigenvalue weighted by atomic mass is 16.6. The standard InChI is InChI=1S/C9H19NO4/c1-9(2,3)14-8(13)10-6-4-5-7(11)12/h8,10,13H,4-6H2,1-3H3,(H,11,12). The first-order chi connectivity index (χ1) is 6.31. The number of rotatable bonds is 6. The average Bonchev–Trinajstić information content (AvgIpc) is 1.94. The Bertz CT molecular complexity index is 176. The molecule has 0 heterocycles. The smallest absolute Gasteiger partial charge is 0.303 e. The highest BCUT2D eigenvalue weighted by Crippen LogP contribution is 2.07. The van der Waals surface area contributed by atoms with Gasteiger partial charge in [-0.15, -0.1) is 0 Å². The Balaban J connectivity index is 3.45. The predicted octanol–water partition coefficient (Wildman–Crippen LogP) is 0.532. The van der Waals surface area contributed by atoms with Crippen LogP contribution in [0.15, 0.2) is 0 Å². The number of carbonyl (C=O) groups is 1. The minimum Gasteiger partial charge on any atom is -0.481 e. The number of hydrogen-bond donors (Lipinski definition) is 3. The molecule has 3 N–H and O–H groups in total. The second kappa shape index (κ2) is 5.95. The number of nitrogens with one attached hydrogen (secondary N) is 1. The molecular formula is C9H19NO4. The van der Waals surface area contributed by atoms with Crippen molar-refractivity contribution in [3.8, 4) is 0 Å². The van der Waals surface area contributed by atoms with Crippen LogP contribution in [0.25, 0.3) is 0 Å². The minimum absolute atomic E-state index is 0.0925. The van der Waals surface area contributed by atoms with E-state index in [4.69, 9.17) is 9.84 Å². The molecule has 84 valence electrons. The van der Waals surface area contributed by atoms with Gasteiger partial charge in [0.05, 0.1) is 5.60 Å². The Hall–Kier alpha value is -0.650. The minimum atomic E-state index is -1.04. The fourth-order valence-corrected chi connectivity index (χ4v) is 0.842. The first kappa shape index (κ1) is 13.4. The van der Waals surface area contributed by atoms with Gasteiger partial charge in [0.2, 0.25) is 6.41 Å². The van der Waals surface area contributed by atoms with E-state index in [1.165, 1.54) is 0 Å². The predicted molar refractivity (Wildman–Crippen MR) is 51.7 cm³/mol. The number of carboxylic acid groups (broad SMARTS) is 1. The molecular weight excluding hydrogens is 186 g/mol. The second-order valence-corrected chi connectivity index (χ2v) is 4.03. The third-order valence-electron chi connectivity index (χ3n) is 1.35. The van der Waals surface area contributed by atoms with E-state index in [1.807, 2.05) is 20.8 Å². The Morgan fingerprint density at radius 3 is 2.50 bits per heavy atom. The van der Waals surface area contributed by atoms with Crippen molar-refractivity contribution < 1.29 is 19.7 Å². The van der Waals surface area contributed by atoms with Gasteiger partial charge in [0, 0.05) is 13.0 Å². The number of hydrogen-bond acceptors (Lipinski definition) is 4. The molecule has 14 heavy (non-hydrogen) atoms. The summed E-state index contributed by atoms with van der Waals surface area (Å²) in [5.74, 6) is -0.835. The zero-order chi connectivity index (χ0) is 11.2. The third kappa shape index (κ3) is 9.44. The second-order valence-electron chi connectivity index (χ2n) is 4.03. The zero-order valence-electron chi connectivity index (χ0n) is 8.91. The molecule has 0 fully saturated rings. The summed E-state index contributed by atoms with van der Waals surface area (Å²) in [7, 11) is 0. The van der Waals surface area contributed by atoms with Gasteiger partial charge in [0.25, 0.3) is 0 Å². The number of aliphatic hydroxyl groups excluding tert-OH is 1. The fraction of sp³-hybridized carbons (Fsp3) is 0.889. The maximum atomic E-state index is 10.2. The van der Waals surface area contributed by atoms with Crippen LogP contribution in [0.3, 0.4) is 0 Å². The number of ether oxygens (including phenoxy) is 1. The molecule has 0 aliphatic carbocycles. The first-order valence-corrected chi connectivity index (χ1v) is 4.62. The molecule has 0 radical (unpaired) electrons. The van der Waals surface area contributed by atoms with Crippen molar-refractivity contribution in [3.63, 3.8) is 0 Å². The highest BCUT2D eigenvalue weighted by molar-refractivity contribution is 5.66. The van der Waals surface area contributed by atoms with Crippen LogP contribution in [0.1, 0.15) is 33.6 Å². The lowest BCUT2D eigenvalue weighted by Gasteiger charge is -2.24. The molecule has 1 atom stereocenters. The Kier molecular flexibility index (Phi) is 5.68. The maximum absolute atomic E-state index is 10.2. The van der Waals surface area contributed by atoms with Gasteiger partial charge >= 0.3 is 5.97 Å². The summed E-state index contributed by atoms with van der Waals surface area (Å²) >= 11 is 0. The molecule has 0 rings (SSSR count). The Morgan fingerprint density at radius 2 is 2.07 bits per heavy atom. The molecule has 5 nitrogen and oxygen atoms in total. The monoisotopic (exact) mass is 205 g/mol. The van der Waals surface area contributed by atoms with E-state index in [9.17, 15) is 9.90 Å². The number of aliphatic hydroxyl groups is 1. The highest BCUT2D eigenvalue weighted by Gasteiger charge is 2.15. The summed E-state index contributed by atoms with van der Waals surface area (Å²) in [6.45, 7) is 5.91. The van der Waals surface area contributed by atoms with Gasteiger partial charge in [-0.2, -0.15) is 0 Å². The molecule has 0 aromatic heterocycles. The normalized spacial score (nSPS) is 14.0. The molecule has 0 aromatic carbocycles. The largest absolute Gasteiger partial charge is 0.481 e. The van der Waals surface area contributed by atoms with Crippen LogP contribution in [-0.2, 0) is 9.53 Å². The summed E-state index contributed by atoms with van der Waals surface area (Å²) in [4.78, 5) is 10.2. The van der Waals surface area contributed by atoms with Gasteiger partial charge in [0.1, 0.15) is 0 Å². The molecule has 5 heteroatoms. The van der Waals surface area contributed by atoms with Crippen molar-refractivity contribution in [2.75, 3.05) is 6.54 Å². The molecule has 0 saturated carbocycles. The lowest BCUT2D eigenvalue weighted by atomic mass is 10.2. The SMILES string of the molecule is CC(C)(C)OC(O)NCCCC(=O)O. The van der Waals surface area contributed by atoms with Gasteiger partial charge in [0.15, 0.2) is 0 Å². The third-order valence-corrected chi connectivity index (χ3v) is 1.35. The van der Waals surface area contributed by atoms with Crippen LogP contribution in [0, 0.1) is 0 Å². The molecule has 0 aromatic rings. The summed E-state index contributed by atoms with van der Waals surface area (Å²) in [6, 6.07) is 0. The van der Waals surface area contributed by atoms with Crippen LogP contribution in [-0.4, -0.2) is 34.7 Å². The van der Waals surface area contributed by atoms with Crippen molar-refractivity contribution in [2.45, 2.75) is 45.6 Å². The molecule has 0 amide bonds. The molecule has 0 saturated heterocycles. The van der Waals surface area contributed by atoms with Gasteiger partial charge in [-0.05, 0) is 27.2 Å². The van der Waals surface area contributed by atoms with Crippen molar-refractivity contribution in [3.05, 3.63) is 0 Å². The van der Waals surface area contributed by atoms with Gasteiger partial charge in [-0.3, -0.25) is 10.1 Å². The molecule has 0 aliphatic rings. The topological polar surface area (TPSA) is 78.8 Å². The van der Waals surface area contributed by atoms with Crippen LogP contribution in [0.5, 0.6) is 0 Å². The molecule has 0 spiro atoms. The van der Waals surface area contributed by atoms with Crippen molar-refractivity contribution >= 4 is 5.97 Å². The van der Waals surface area contributed by atoms with Crippen LogP contribution >= 0.6 is 0 Å². The van der Waals surface area contributed by atoms with Crippen LogP contribution in [0.4, 0.5) is 0 Å². The van der Waals surface area contributed by atoms with Crippen LogP contribution < -0.4 is 5.32 Å². The van der Waals surface area contributed by atoms with Crippen molar-refractivity contribution in [1.29, 1.82) is 0 Å². The van der Waals surface area contributed by atoms with Gasteiger partial charge in [-0.1, -0.05) is 0 Å². The molecule has 0 aliphatic heterocycles. The Morgan fingerprint density at radius 1 is 1.50 bits per heavy atom. The lowest BCUT2D eigenvalue weighted by molar-refractivity contribution is -0.181. The molecule has 0 bridgehead atoms. The summed E-state index contributed by atoms with van der Waals surface area (Å²) in [6.07, 6.45) is -0.474. The van der Waals surface area contributed by atoms with E-state index in [1.54, 1.807) is 0 Å². The van der Waals surface area contributed by atoms with Gasteiger partial charge < -0.3 is 14.9 Å². The van der Waals surface area contributed by atoms with E-state index < -0.39 is 18.0 Å². The fourth-order valence-electron chi connectivity index (χ4n) is 0.842. The van der Waals surface area contributed by atoms with E-state index in [0.29, 0.717) is 13.0 Å². The van der Waals surface area contributed by atoms with E-state index >= 15 is 0 Å². The summed E-state index contributed by atoms with van der Waals surface area (Å²) < 4.78 is 5.14. The number of carboxylic acids is 1. The van der Waals surface area contributed by atoms with E-state index in [2.05, 4.69) is 5.32 Å². The maximum Gasteiger partial charge on any atom is 0.303 e. The summed E-state index contributed by atoms with van der Waals surface area (Å²) in [5, 5.41) is 20.3. The summed E-state index contributed by atoms with van der Waals surface area (Å²) in [5.41, 5.74) is -0.417. The lowest BCUT2D eigenvalue weighted by Crippen LogP contribution is -2.38. The zero-order valence-corrected chi connectivity index (χ0v) is 8.91. The van der Waals surface area contributed by atoms with E-state index in [-0.39, 0.29) is 6.42 Å². The van der Waals surface area contributed by atoms with Crippen molar-refractivity contribution in [2.24, 2.45) is 0 Å². The quantitative estimate of drug-likeness (QED) is 0.435. The van der Waals surface area contributed by atoms with Crippen LogP contribution in [0.2, 0.25) is 0 Å². The van der Waals surface area contributed by atoms with E-state index in [0.717, 1.165) is 0 Å². The van der Waals surface area contributed by atoms with Gasteiger partial charge in [-0.25, -0.2) is 0 Å². The Labute approximate surface area is 84.1 Å². The first-order valence-electron chi connectivity index (χ1n) is 4.62.